The molecule has 2 aromatic rings. The molecule has 0 saturated heterocycles. The lowest BCUT2D eigenvalue weighted by atomic mass is 9.88. The molecule has 0 spiro atoms. The van der Waals surface area contributed by atoms with Crippen molar-refractivity contribution in [2.24, 2.45) is 5.92 Å². The lowest BCUT2D eigenvalue weighted by Gasteiger charge is -2.25. The molecule has 2 aromatic heterocycles. The van der Waals surface area contributed by atoms with Crippen LogP contribution in [0.2, 0.25) is 0 Å². The van der Waals surface area contributed by atoms with E-state index in [0.29, 0.717) is 24.8 Å². The Bertz CT molecular complexity index is 688. The lowest BCUT2D eigenvalue weighted by molar-refractivity contribution is 0.0899. The van der Waals surface area contributed by atoms with Gasteiger partial charge in [-0.05, 0) is 31.6 Å². The van der Waals surface area contributed by atoms with Crippen LogP contribution in [-0.4, -0.2) is 49.3 Å². The van der Waals surface area contributed by atoms with Crippen molar-refractivity contribution in [3.05, 3.63) is 24.4 Å². The monoisotopic (exact) mass is 351 g/mol. The number of nitrogens with one attached hydrogen (secondary N) is 1. The summed E-state index contributed by atoms with van der Waals surface area (Å²) in [7, 11) is 0. The fraction of sp³-hybridized carbons (Fsp3) is 0.562. The Kier molecular flexibility index (Phi) is 5.77. The van der Waals surface area contributed by atoms with Crippen molar-refractivity contribution in [2.75, 3.05) is 18.5 Å². The highest BCUT2D eigenvalue weighted by Crippen LogP contribution is 2.25. The number of anilines is 2. The fourth-order valence-corrected chi connectivity index (χ4v) is 2.80. The molecule has 25 heavy (non-hydrogen) atoms. The quantitative estimate of drug-likeness (QED) is 0.694. The smallest absolute Gasteiger partial charge is 0.255 e. The number of aliphatic hydroxyl groups excluding tert-OH is 2. The van der Waals surface area contributed by atoms with E-state index < -0.39 is 5.82 Å². The summed E-state index contributed by atoms with van der Waals surface area (Å²) < 4.78 is 21.0. The van der Waals surface area contributed by atoms with Gasteiger partial charge in [0.1, 0.15) is 0 Å². The predicted octanol–water partition coefficient (Wildman–Crippen LogP) is 1.48. The molecule has 1 aliphatic carbocycles. The summed E-state index contributed by atoms with van der Waals surface area (Å²) in [6, 6.07) is 0. The van der Waals surface area contributed by atoms with Gasteiger partial charge in [0.2, 0.25) is 11.8 Å². The summed E-state index contributed by atoms with van der Waals surface area (Å²) in [6.07, 6.45) is 7.33. The zero-order valence-electron chi connectivity index (χ0n) is 13.8. The Morgan fingerprint density at radius 1 is 1.28 bits per heavy atom. The average Bonchev–Trinajstić information content (AvgIpc) is 3.04. The van der Waals surface area contributed by atoms with Crippen molar-refractivity contribution in [2.45, 2.75) is 38.3 Å². The van der Waals surface area contributed by atoms with Crippen LogP contribution < -0.4 is 10.1 Å². The Balaban J connectivity index is 1.59. The first-order chi connectivity index (χ1) is 12.1. The molecule has 0 amide bonds. The Morgan fingerprint density at radius 3 is 2.84 bits per heavy atom. The molecule has 0 bridgehead atoms. The SMILES string of the molecule is OCCn1cc(Nc2ncc(F)c(OC[C@H]3CC[C@H](O)CC3)n2)cn1. The Labute approximate surface area is 144 Å². The van der Waals surface area contributed by atoms with E-state index in [4.69, 9.17) is 9.84 Å². The second-order valence-corrected chi connectivity index (χ2v) is 6.17. The molecular weight excluding hydrogens is 329 g/mol. The summed E-state index contributed by atoms with van der Waals surface area (Å²) in [6.45, 7) is 0.745. The summed E-state index contributed by atoms with van der Waals surface area (Å²) in [5.74, 6) is -0.200. The second kappa shape index (κ2) is 8.21. The van der Waals surface area contributed by atoms with Gasteiger partial charge in [0.15, 0.2) is 0 Å². The number of halogens is 1. The van der Waals surface area contributed by atoms with Gasteiger partial charge in [-0.25, -0.2) is 4.98 Å². The molecule has 3 N–H and O–H groups in total. The fourth-order valence-electron chi connectivity index (χ4n) is 2.80. The third-order valence-corrected chi connectivity index (χ3v) is 4.20. The van der Waals surface area contributed by atoms with E-state index in [1.807, 2.05) is 0 Å². The van der Waals surface area contributed by atoms with Gasteiger partial charge in [-0.3, -0.25) is 4.68 Å². The number of rotatable bonds is 7. The number of hydrogen-bond donors (Lipinski definition) is 3. The summed E-state index contributed by atoms with van der Waals surface area (Å²) in [4.78, 5) is 7.96. The van der Waals surface area contributed by atoms with E-state index >= 15 is 0 Å². The van der Waals surface area contributed by atoms with Gasteiger partial charge < -0.3 is 20.3 Å². The first-order valence-corrected chi connectivity index (χ1v) is 8.38. The van der Waals surface area contributed by atoms with Crippen LogP contribution in [0.5, 0.6) is 5.88 Å². The Morgan fingerprint density at radius 2 is 2.08 bits per heavy atom. The number of ether oxygens (including phenoxy) is 1. The predicted molar refractivity (Wildman–Crippen MR) is 88.0 cm³/mol. The van der Waals surface area contributed by atoms with E-state index in [-0.39, 0.29) is 24.5 Å². The van der Waals surface area contributed by atoms with Crippen LogP contribution in [0.25, 0.3) is 0 Å². The van der Waals surface area contributed by atoms with Crippen LogP contribution in [0, 0.1) is 11.7 Å². The van der Waals surface area contributed by atoms with Gasteiger partial charge in [-0.1, -0.05) is 0 Å². The average molecular weight is 351 g/mol. The van der Waals surface area contributed by atoms with Crippen LogP contribution in [0.3, 0.4) is 0 Å². The van der Waals surface area contributed by atoms with E-state index in [2.05, 4.69) is 20.4 Å². The van der Waals surface area contributed by atoms with Gasteiger partial charge in [-0.15, -0.1) is 0 Å². The van der Waals surface area contributed by atoms with Crippen LogP contribution in [0.15, 0.2) is 18.6 Å². The molecule has 8 nitrogen and oxygen atoms in total. The maximum atomic E-state index is 13.9. The van der Waals surface area contributed by atoms with Crippen LogP contribution in [-0.2, 0) is 6.54 Å². The molecule has 1 fully saturated rings. The third-order valence-electron chi connectivity index (χ3n) is 4.20. The van der Waals surface area contributed by atoms with E-state index in [1.165, 1.54) is 0 Å². The summed E-state index contributed by atoms with van der Waals surface area (Å²) in [5, 5.41) is 25.4. The maximum absolute atomic E-state index is 13.9. The molecule has 0 aliphatic heterocycles. The van der Waals surface area contributed by atoms with Crippen LogP contribution in [0.1, 0.15) is 25.7 Å². The Hall–Kier alpha value is -2.26. The molecule has 2 heterocycles. The van der Waals surface area contributed by atoms with Crippen molar-refractivity contribution in [1.82, 2.24) is 19.7 Å². The molecule has 9 heteroatoms. The summed E-state index contributed by atoms with van der Waals surface area (Å²) in [5.41, 5.74) is 0.632. The normalized spacial score (nSPS) is 20.4. The molecule has 136 valence electrons. The lowest BCUT2D eigenvalue weighted by Crippen LogP contribution is -2.23. The highest BCUT2D eigenvalue weighted by Gasteiger charge is 2.20. The van der Waals surface area contributed by atoms with Crippen molar-refractivity contribution in [3.8, 4) is 5.88 Å². The van der Waals surface area contributed by atoms with Gasteiger partial charge in [-0.2, -0.15) is 14.5 Å². The topological polar surface area (TPSA) is 105 Å². The van der Waals surface area contributed by atoms with Crippen LogP contribution in [0.4, 0.5) is 16.0 Å². The van der Waals surface area contributed by atoms with Crippen molar-refractivity contribution in [3.63, 3.8) is 0 Å². The molecule has 1 saturated carbocycles. The molecule has 1 aliphatic rings. The third kappa shape index (κ3) is 4.86. The largest absolute Gasteiger partial charge is 0.475 e. The zero-order chi connectivity index (χ0) is 17.6. The number of hydrogen-bond acceptors (Lipinski definition) is 7. The van der Waals surface area contributed by atoms with Crippen molar-refractivity contribution < 1.29 is 19.3 Å². The number of aromatic nitrogens is 4. The highest BCUT2D eigenvalue weighted by atomic mass is 19.1. The minimum Gasteiger partial charge on any atom is -0.475 e. The van der Waals surface area contributed by atoms with Crippen LogP contribution >= 0.6 is 0 Å². The minimum atomic E-state index is -0.614. The van der Waals surface area contributed by atoms with Gasteiger partial charge >= 0.3 is 0 Å². The molecule has 0 atom stereocenters. The van der Waals surface area contributed by atoms with Gasteiger partial charge in [0, 0.05) is 6.20 Å². The standard InChI is InChI=1S/C16H22FN5O3/c17-14-8-18-16(20-12-7-19-22(9-12)5-6-23)21-15(14)25-10-11-1-3-13(24)4-2-11/h7-9,11,13,23-24H,1-6,10H2,(H,18,20,21)/t11-,13-. The number of aliphatic hydroxyl groups is 2. The first kappa shape index (κ1) is 17.6. The molecule has 0 aromatic carbocycles. The maximum Gasteiger partial charge on any atom is 0.255 e. The number of nitrogens with zero attached hydrogens (tertiary/aromatic N) is 4. The summed E-state index contributed by atoms with van der Waals surface area (Å²) >= 11 is 0. The van der Waals surface area contributed by atoms with Gasteiger partial charge in [0.25, 0.3) is 5.88 Å². The second-order valence-electron chi connectivity index (χ2n) is 6.17. The molecule has 0 radical (unpaired) electrons. The van der Waals surface area contributed by atoms with Crippen molar-refractivity contribution in [1.29, 1.82) is 0 Å². The first-order valence-electron chi connectivity index (χ1n) is 8.38. The van der Waals surface area contributed by atoms with E-state index in [9.17, 15) is 9.50 Å². The molecule has 0 unspecified atom stereocenters. The molecule has 3 rings (SSSR count). The minimum absolute atomic E-state index is 0.00957. The van der Waals surface area contributed by atoms with Crippen molar-refractivity contribution >= 4 is 11.6 Å². The highest BCUT2D eigenvalue weighted by molar-refractivity contribution is 5.50. The molecular formula is C16H22FN5O3. The van der Waals surface area contributed by atoms with E-state index in [1.54, 1.807) is 17.1 Å². The zero-order valence-corrected chi connectivity index (χ0v) is 13.8. The van der Waals surface area contributed by atoms with Gasteiger partial charge in [0.05, 0.1) is 43.9 Å². The van der Waals surface area contributed by atoms with E-state index in [0.717, 1.165) is 31.9 Å².